The number of hydrogen-bond acceptors (Lipinski definition) is 0. The van der Waals surface area contributed by atoms with E-state index >= 15 is 0 Å². The lowest BCUT2D eigenvalue weighted by Gasteiger charge is -2.12. The van der Waals surface area contributed by atoms with Crippen molar-refractivity contribution in [2.45, 2.75) is 0 Å². The van der Waals surface area contributed by atoms with Crippen LogP contribution in [0.4, 0.5) is 0 Å². The van der Waals surface area contributed by atoms with Gasteiger partial charge in [0.25, 0.3) is 0 Å². The molecule has 266 valence electrons. The van der Waals surface area contributed by atoms with Gasteiger partial charge in [-0.15, -0.1) is 0 Å². The first-order valence-corrected chi connectivity index (χ1v) is 19.6. The van der Waals surface area contributed by atoms with Crippen LogP contribution in [0, 0.1) is 0 Å². The molecule has 12 rings (SSSR count). The molecule has 0 atom stereocenters. The second-order valence-electron chi connectivity index (χ2n) is 14.9. The summed E-state index contributed by atoms with van der Waals surface area (Å²) in [5.41, 5.74) is 15.4. The number of nitrogens with zero attached hydrogens (tertiary/aromatic N) is 3. The zero-order valence-corrected chi connectivity index (χ0v) is 31.0. The van der Waals surface area contributed by atoms with E-state index in [1.165, 1.54) is 87.7 Å². The van der Waals surface area contributed by atoms with Gasteiger partial charge in [0.15, 0.2) is 0 Å². The van der Waals surface area contributed by atoms with Gasteiger partial charge in [0.2, 0.25) is 0 Å². The summed E-state index contributed by atoms with van der Waals surface area (Å²) in [6.07, 6.45) is 0. The highest BCUT2D eigenvalue weighted by molar-refractivity contribution is 6.27. The highest BCUT2D eigenvalue weighted by Crippen LogP contribution is 2.44. The molecule has 12 aromatic rings. The van der Waals surface area contributed by atoms with E-state index in [9.17, 15) is 0 Å². The number of rotatable bonds is 5. The van der Waals surface area contributed by atoms with Crippen LogP contribution in [0.1, 0.15) is 0 Å². The average Bonchev–Trinajstić information content (AvgIpc) is 3.92. The second kappa shape index (κ2) is 12.5. The highest BCUT2D eigenvalue weighted by atomic mass is 15.0. The monoisotopic (exact) mass is 725 g/mol. The molecule has 0 saturated carbocycles. The summed E-state index contributed by atoms with van der Waals surface area (Å²) in [4.78, 5) is 0. The van der Waals surface area contributed by atoms with Crippen molar-refractivity contribution in [2.24, 2.45) is 0 Å². The van der Waals surface area contributed by atoms with Crippen LogP contribution >= 0.6 is 0 Å². The zero-order chi connectivity index (χ0) is 37.5. The van der Waals surface area contributed by atoms with Crippen LogP contribution in [-0.2, 0) is 0 Å². The van der Waals surface area contributed by atoms with E-state index in [-0.39, 0.29) is 0 Å². The first-order chi connectivity index (χ1) is 28.3. The molecule has 57 heavy (non-hydrogen) atoms. The molecule has 0 amide bonds. The first-order valence-electron chi connectivity index (χ1n) is 19.6. The lowest BCUT2D eigenvalue weighted by molar-refractivity contribution is 1.15. The van der Waals surface area contributed by atoms with Crippen molar-refractivity contribution in [3.05, 3.63) is 212 Å². The van der Waals surface area contributed by atoms with E-state index in [1.54, 1.807) is 0 Å². The smallest absolute Gasteiger partial charge is 0.0641 e. The minimum Gasteiger partial charge on any atom is -0.309 e. The Morgan fingerprint density at radius 1 is 0.228 bits per heavy atom. The van der Waals surface area contributed by atoms with E-state index in [0.717, 1.165) is 17.1 Å². The number of para-hydroxylation sites is 3. The Hall–Kier alpha value is -7.62. The molecule has 0 aliphatic rings. The number of fused-ring (bicyclic) bond motifs is 10. The average molecular weight is 726 g/mol. The summed E-state index contributed by atoms with van der Waals surface area (Å²) in [5.74, 6) is 0. The molecule has 0 saturated heterocycles. The molecule has 0 unspecified atom stereocenters. The lowest BCUT2D eigenvalue weighted by atomic mass is 10.0. The molecule has 0 radical (unpaired) electrons. The third kappa shape index (κ3) is 4.79. The lowest BCUT2D eigenvalue weighted by Crippen LogP contribution is -1.97. The molecular formula is C54H35N3. The molecule has 0 fully saturated rings. The van der Waals surface area contributed by atoms with Crippen molar-refractivity contribution in [3.8, 4) is 39.3 Å². The van der Waals surface area contributed by atoms with Gasteiger partial charge in [-0.3, -0.25) is 0 Å². The van der Waals surface area contributed by atoms with Gasteiger partial charge in [0, 0.05) is 49.4 Å². The topological polar surface area (TPSA) is 14.8 Å². The van der Waals surface area contributed by atoms with Crippen LogP contribution in [0.2, 0.25) is 0 Å². The largest absolute Gasteiger partial charge is 0.309 e. The maximum absolute atomic E-state index is 2.48. The Kier molecular flexibility index (Phi) is 6.93. The van der Waals surface area contributed by atoms with Crippen LogP contribution in [0.5, 0.6) is 0 Å². The summed E-state index contributed by atoms with van der Waals surface area (Å²) in [6, 6.07) is 77.4. The Balaban J connectivity index is 1.22. The maximum atomic E-state index is 2.48. The molecule has 3 aromatic heterocycles. The number of benzene rings is 9. The minimum absolute atomic E-state index is 1.13. The standard InChI is InChI=1S/C54H35N3/c1-5-15-36(16-6-1)38-25-30-49-46(33-38)45-29-32-51-53(54(45)57(49)41-21-11-4-12-22-41)47-34-39(37-17-7-2-8-18-37)26-31-50(47)56(51)42-27-28-44-43-23-13-14-24-48(43)55(52(44)35-42)40-19-9-3-10-20-40/h1-35H. The summed E-state index contributed by atoms with van der Waals surface area (Å²) in [5, 5.41) is 7.44. The molecule has 3 heterocycles. The number of aromatic nitrogens is 3. The van der Waals surface area contributed by atoms with Gasteiger partial charge in [0.05, 0.1) is 33.1 Å². The van der Waals surface area contributed by atoms with E-state index in [1.807, 2.05) is 0 Å². The Labute approximate surface area is 329 Å². The van der Waals surface area contributed by atoms with Gasteiger partial charge < -0.3 is 13.7 Å². The van der Waals surface area contributed by atoms with Crippen molar-refractivity contribution in [2.75, 3.05) is 0 Å². The Morgan fingerprint density at radius 3 is 1.37 bits per heavy atom. The molecule has 9 aromatic carbocycles. The Bertz CT molecular complexity index is 3480. The summed E-state index contributed by atoms with van der Waals surface area (Å²) < 4.78 is 7.37. The fourth-order valence-electron chi connectivity index (χ4n) is 9.31. The molecule has 0 spiro atoms. The van der Waals surface area contributed by atoms with Gasteiger partial charge in [-0.1, -0.05) is 140 Å². The van der Waals surface area contributed by atoms with Crippen molar-refractivity contribution >= 4 is 65.4 Å². The van der Waals surface area contributed by atoms with Crippen LogP contribution in [0.25, 0.3) is 105 Å². The third-order valence-electron chi connectivity index (χ3n) is 11.8. The van der Waals surface area contributed by atoms with Gasteiger partial charge in [-0.25, -0.2) is 0 Å². The number of hydrogen-bond donors (Lipinski definition) is 0. The van der Waals surface area contributed by atoms with E-state index < -0.39 is 0 Å². The van der Waals surface area contributed by atoms with Gasteiger partial charge in [0.1, 0.15) is 0 Å². The SMILES string of the molecule is c1ccc(-c2ccc3c(c2)c2c(ccc4c5cc(-c6ccccc6)ccc5n(-c5ccccc5)c42)n3-c2ccc3c4ccccc4n(-c4ccccc4)c3c2)cc1. The Morgan fingerprint density at radius 2 is 0.702 bits per heavy atom. The van der Waals surface area contributed by atoms with Crippen molar-refractivity contribution in [1.29, 1.82) is 0 Å². The molecule has 0 aliphatic carbocycles. The minimum atomic E-state index is 1.13. The van der Waals surface area contributed by atoms with Gasteiger partial charge in [-0.2, -0.15) is 0 Å². The van der Waals surface area contributed by atoms with Crippen molar-refractivity contribution in [3.63, 3.8) is 0 Å². The van der Waals surface area contributed by atoms with Crippen molar-refractivity contribution < 1.29 is 0 Å². The molecular weight excluding hydrogens is 691 g/mol. The van der Waals surface area contributed by atoms with Crippen LogP contribution in [-0.4, -0.2) is 13.7 Å². The van der Waals surface area contributed by atoms with Crippen LogP contribution in [0.3, 0.4) is 0 Å². The third-order valence-corrected chi connectivity index (χ3v) is 11.8. The summed E-state index contributed by atoms with van der Waals surface area (Å²) >= 11 is 0. The highest BCUT2D eigenvalue weighted by Gasteiger charge is 2.23. The fraction of sp³-hybridized carbons (Fsp3) is 0. The second-order valence-corrected chi connectivity index (χ2v) is 14.9. The van der Waals surface area contributed by atoms with Gasteiger partial charge >= 0.3 is 0 Å². The summed E-state index contributed by atoms with van der Waals surface area (Å²) in [7, 11) is 0. The first kappa shape index (κ1) is 31.7. The molecule has 0 bridgehead atoms. The summed E-state index contributed by atoms with van der Waals surface area (Å²) in [6.45, 7) is 0. The quantitative estimate of drug-likeness (QED) is 0.168. The predicted octanol–water partition coefficient (Wildman–Crippen LogP) is 14.3. The molecule has 3 nitrogen and oxygen atoms in total. The van der Waals surface area contributed by atoms with Crippen LogP contribution < -0.4 is 0 Å². The zero-order valence-electron chi connectivity index (χ0n) is 31.0. The van der Waals surface area contributed by atoms with E-state index in [0.29, 0.717) is 0 Å². The van der Waals surface area contributed by atoms with Crippen LogP contribution in [0.15, 0.2) is 212 Å². The van der Waals surface area contributed by atoms with E-state index in [2.05, 4.69) is 226 Å². The fourth-order valence-corrected chi connectivity index (χ4v) is 9.31. The van der Waals surface area contributed by atoms with Crippen molar-refractivity contribution in [1.82, 2.24) is 13.7 Å². The predicted molar refractivity (Wildman–Crippen MR) is 240 cm³/mol. The maximum Gasteiger partial charge on any atom is 0.0641 e. The van der Waals surface area contributed by atoms with E-state index in [4.69, 9.17) is 0 Å². The molecule has 0 N–H and O–H groups in total. The molecule has 3 heteroatoms. The van der Waals surface area contributed by atoms with Gasteiger partial charge in [-0.05, 0) is 95.1 Å². The molecule has 0 aliphatic heterocycles. The normalized spacial score (nSPS) is 11.9.